The Morgan fingerprint density at radius 1 is 1.23 bits per heavy atom. The Morgan fingerprint density at radius 3 is 2.64 bits per heavy atom. The zero-order valence-corrected chi connectivity index (χ0v) is 14.1. The number of hydrogen-bond donors (Lipinski definition) is 1. The van der Waals surface area contributed by atoms with Crippen LogP contribution >= 0.6 is 0 Å². The first-order chi connectivity index (χ1) is 10.5. The van der Waals surface area contributed by atoms with Gasteiger partial charge in [0.2, 0.25) is 0 Å². The molecule has 1 aliphatic rings. The van der Waals surface area contributed by atoms with Crippen LogP contribution in [0.25, 0.3) is 0 Å². The molecule has 4 unspecified atom stereocenters. The highest BCUT2D eigenvalue weighted by atomic mass is 16.5. The molecule has 0 fully saturated rings. The van der Waals surface area contributed by atoms with E-state index < -0.39 is 6.10 Å². The highest BCUT2D eigenvalue weighted by Crippen LogP contribution is 2.32. The molecule has 4 atom stereocenters. The molecular formula is C20H28O2. The van der Waals surface area contributed by atoms with Crippen molar-refractivity contribution in [1.82, 2.24) is 0 Å². The molecule has 0 heterocycles. The number of benzene rings is 1. The third kappa shape index (κ3) is 3.88. The number of aliphatic hydroxyl groups excluding tert-OH is 1. The van der Waals surface area contributed by atoms with Crippen molar-refractivity contribution in [1.29, 1.82) is 0 Å². The molecule has 2 rings (SSSR count). The Hall–Kier alpha value is -1.38. The number of hydrogen-bond acceptors (Lipinski definition) is 2. The van der Waals surface area contributed by atoms with Gasteiger partial charge < -0.3 is 9.84 Å². The minimum Gasteiger partial charge on any atom is -0.389 e. The molecule has 120 valence electrons. The maximum atomic E-state index is 9.97. The molecule has 22 heavy (non-hydrogen) atoms. The summed E-state index contributed by atoms with van der Waals surface area (Å²) in [5.74, 6) is 0.251. The molecule has 0 bridgehead atoms. The third-order valence-electron chi connectivity index (χ3n) is 4.58. The Bertz CT molecular complexity index is 542. The average molecular weight is 300 g/mol. The summed E-state index contributed by atoms with van der Waals surface area (Å²) < 4.78 is 6.31. The van der Waals surface area contributed by atoms with Gasteiger partial charge in [0.25, 0.3) is 0 Å². The number of aliphatic hydroxyl groups is 1. The van der Waals surface area contributed by atoms with Crippen molar-refractivity contribution in [2.75, 3.05) is 0 Å². The van der Waals surface area contributed by atoms with E-state index in [1.165, 1.54) is 11.1 Å². The van der Waals surface area contributed by atoms with Gasteiger partial charge in [-0.05, 0) is 50.3 Å². The quantitative estimate of drug-likeness (QED) is 0.832. The number of aryl methyl sites for hydroxylation is 1. The van der Waals surface area contributed by atoms with Crippen molar-refractivity contribution in [3.8, 4) is 0 Å². The van der Waals surface area contributed by atoms with E-state index in [-0.39, 0.29) is 18.1 Å². The van der Waals surface area contributed by atoms with Crippen LogP contribution in [0.1, 0.15) is 51.3 Å². The van der Waals surface area contributed by atoms with Gasteiger partial charge in [0.1, 0.15) is 0 Å². The van der Waals surface area contributed by atoms with Gasteiger partial charge in [-0.1, -0.05) is 49.4 Å². The lowest BCUT2D eigenvalue weighted by Crippen LogP contribution is -2.29. The summed E-state index contributed by atoms with van der Waals surface area (Å²) in [6.45, 7) is 8.25. The largest absolute Gasteiger partial charge is 0.389 e. The normalized spacial score (nSPS) is 22.0. The van der Waals surface area contributed by atoms with E-state index in [0.717, 1.165) is 18.4 Å². The fourth-order valence-corrected chi connectivity index (χ4v) is 3.32. The standard InChI is InChI=1S/C20H28O2/c1-5-17-10-6-7-12-19(17)15(3)22-16(4)20-13-9-8-11-18(20)14(2)21/h6-12,14-16,20-21H,5,13H2,1-4H3. The molecule has 0 radical (unpaired) electrons. The summed E-state index contributed by atoms with van der Waals surface area (Å²) in [7, 11) is 0. The molecule has 0 saturated heterocycles. The van der Waals surface area contributed by atoms with Crippen LogP contribution in [0.3, 0.4) is 0 Å². The topological polar surface area (TPSA) is 29.5 Å². The van der Waals surface area contributed by atoms with E-state index in [4.69, 9.17) is 4.74 Å². The Kier molecular flexibility index (Phi) is 5.98. The first-order valence-electron chi connectivity index (χ1n) is 8.32. The molecule has 1 N–H and O–H groups in total. The van der Waals surface area contributed by atoms with E-state index >= 15 is 0 Å². The first-order valence-corrected chi connectivity index (χ1v) is 8.32. The van der Waals surface area contributed by atoms with Crippen LogP contribution in [0, 0.1) is 5.92 Å². The highest BCUT2D eigenvalue weighted by molar-refractivity contribution is 5.29. The fraction of sp³-hybridized carbons (Fsp3) is 0.500. The molecular weight excluding hydrogens is 272 g/mol. The molecule has 0 aromatic heterocycles. The van der Waals surface area contributed by atoms with Gasteiger partial charge in [0.05, 0.1) is 18.3 Å². The van der Waals surface area contributed by atoms with E-state index in [2.05, 4.69) is 51.1 Å². The molecule has 0 amide bonds. The average Bonchev–Trinajstić information content (AvgIpc) is 2.54. The summed E-state index contributed by atoms with van der Waals surface area (Å²) in [6.07, 6.45) is 7.88. The van der Waals surface area contributed by atoms with Gasteiger partial charge in [0, 0.05) is 5.92 Å². The Balaban J connectivity index is 2.09. The lowest BCUT2D eigenvalue weighted by atomic mass is 9.84. The van der Waals surface area contributed by atoms with Gasteiger partial charge in [-0.3, -0.25) is 0 Å². The molecule has 1 aliphatic carbocycles. The van der Waals surface area contributed by atoms with E-state index in [1.807, 2.05) is 19.1 Å². The number of rotatable bonds is 6. The maximum absolute atomic E-state index is 9.97. The molecule has 1 aromatic rings. The van der Waals surface area contributed by atoms with Crippen molar-refractivity contribution in [2.24, 2.45) is 5.92 Å². The van der Waals surface area contributed by atoms with Crippen LogP contribution in [-0.4, -0.2) is 17.3 Å². The van der Waals surface area contributed by atoms with Gasteiger partial charge >= 0.3 is 0 Å². The zero-order chi connectivity index (χ0) is 16.1. The number of allylic oxidation sites excluding steroid dienone is 3. The second kappa shape index (κ2) is 7.75. The predicted molar refractivity (Wildman–Crippen MR) is 91.8 cm³/mol. The summed E-state index contributed by atoms with van der Waals surface area (Å²) in [4.78, 5) is 0. The van der Waals surface area contributed by atoms with Gasteiger partial charge in [-0.25, -0.2) is 0 Å². The van der Waals surface area contributed by atoms with Crippen LogP contribution in [0.15, 0.2) is 48.1 Å². The summed E-state index contributed by atoms with van der Waals surface area (Å²) >= 11 is 0. The fourth-order valence-electron chi connectivity index (χ4n) is 3.32. The van der Waals surface area contributed by atoms with Crippen LogP contribution < -0.4 is 0 Å². The minimum atomic E-state index is -0.417. The second-order valence-electron chi connectivity index (χ2n) is 6.15. The van der Waals surface area contributed by atoms with Gasteiger partial charge in [-0.2, -0.15) is 0 Å². The third-order valence-corrected chi connectivity index (χ3v) is 4.58. The molecule has 2 nitrogen and oxygen atoms in total. The van der Waals surface area contributed by atoms with Gasteiger partial charge in [0.15, 0.2) is 0 Å². The minimum absolute atomic E-state index is 0.0623. The molecule has 0 aliphatic heterocycles. The molecule has 0 saturated carbocycles. The molecule has 0 spiro atoms. The smallest absolute Gasteiger partial charge is 0.0803 e. The van der Waals surface area contributed by atoms with E-state index in [0.29, 0.717) is 0 Å². The maximum Gasteiger partial charge on any atom is 0.0803 e. The van der Waals surface area contributed by atoms with Gasteiger partial charge in [-0.15, -0.1) is 0 Å². The van der Waals surface area contributed by atoms with Crippen LogP contribution in [0.5, 0.6) is 0 Å². The molecule has 2 heteroatoms. The lowest BCUT2D eigenvalue weighted by molar-refractivity contribution is -0.0212. The molecule has 1 aromatic carbocycles. The Morgan fingerprint density at radius 2 is 1.95 bits per heavy atom. The number of ether oxygens (including phenoxy) is 1. The van der Waals surface area contributed by atoms with Crippen LogP contribution in [-0.2, 0) is 11.2 Å². The second-order valence-corrected chi connectivity index (χ2v) is 6.15. The zero-order valence-electron chi connectivity index (χ0n) is 14.1. The van der Waals surface area contributed by atoms with Crippen LogP contribution in [0.4, 0.5) is 0 Å². The van der Waals surface area contributed by atoms with E-state index in [9.17, 15) is 5.11 Å². The summed E-state index contributed by atoms with van der Waals surface area (Å²) in [5.41, 5.74) is 3.69. The van der Waals surface area contributed by atoms with Crippen molar-refractivity contribution in [2.45, 2.75) is 58.8 Å². The van der Waals surface area contributed by atoms with E-state index in [1.54, 1.807) is 0 Å². The summed E-state index contributed by atoms with van der Waals surface area (Å²) in [6, 6.07) is 8.48. The van der Waals surface area contributed by atoms with Crippen molar-refractivity contribution >= 4 is 0 Å². The Labute approximate surface area is 134 Å². The van der Waals surface area contributed by atoms with Crippen molar-refractivity contribution in [3.05, 3.63) is 59.2 Å². The lowest BCUT2D eigenvalue weighted by Gasteiger charge is -2.31. The van der Waals surface area contributed by atoms with Crippen molar-refractivity contribution in [3.63, 3.8) is 0 Å². The SMILES string of the molecule is CCc1ccccc1C(C)OC(C)C1CC=CC=C1C(C)O. The monoisotopic (exact) mass is 300 g/mol. The van der Waals surface area contributed by atoms with Crippen LogP contribution in [0.2, 0.25) is 0 Å². The first kappa shape index (κ1) is 17.0. The predicted octanol–water partition coefficient (Wildman–Crippen LogP) is 4.60. The van der Waals surface area contributed by atoms with Crippen molar-refractivity contribution < 1.29 is 9.84 Å². The summed E-state index contributed by atoms with van der Waals surface area (Å²) in [5, 5.41) is 9.97. The highest BCUT2D eigenvalue weighted by Gasteiger charge is 2.27.